The van der Waals surface area contributed by atoms with Crippen LogP contribution in [-0.4, -0.2) is 50.1 Å². The number of rotatable bonds is 11. The third-order valence-electron chi connectivity index (χ3n) is 4.19. The summed E-state index contributed by atoms with van der Waals surface area (Å²) in [7, 11) is 3.17. The third kappa shape index (κ3) is 12.4. The Bertz CT molecular complexity index is 1030. The molecule has 8 nitrogen and oxygen atoms in total. The Hall–Kier alpha value is -2.65. The molecule has 0 radical (unpaired) electrons. The van der Waals surface area contributed by atoms with Crippen LogP contribution >= 0.6 is 34.8 Å². The monoisotopic (exact) mass is 573 g/mol. The lowest BCUT2D eigenvalue weighted by molar-refractivity contribution is 0.146. The van der Waals surface area contributed by atoms with Crippen molar-refractivity contribution in [3.8, 4) is 11.5 Å². The maximum atomic E-state index is 11.8. The fraction of sp³-hybridized carbons (Fsp3) is 0.385. The lowest BCUT2D eigenvalue weighted by atomic mass is 10.1. The first-order chi connectivity index (χ1) is 17.6. The molecule has 37 heavy (non-hydrogen) atoms. The summed E-state index contributed by atoms with van der Waals surface area (Å²) in [5.74, 6) is 1.14. The normalized spacial score (nSPS) is 10.8. The van der Waals surface area contributed by atoms with E-state index in [-0.39, 0.29) is 6.61 Å². The van der Waals surface area contributed by atoms with Gasteiger partial charge in [-0.2, -0.15) is 0 Å². The van der Waals surface area contributed by atoms with Crippen LogP contribution in [0, 0.1) is 0 Å². The maximum absolute atomic E-state index is 11.8. The first-order valence-electron chi connectivity index (χ1n) is 11.5. The lowest BCUT2D eigenvalue weighted by Crippen LogP contribution is -2.21. The molecule has 0 bridgehead atoms. The first kappa shape index (κ1) is 32.4. The molecule has 0 spiro atoms. The zero-order chi connectivity index (χ0) is 27.8. The van der Waals surface area contributed by atoms with Crippen LogP contribution in [0.1, 0.15) is 32.8 Å². The molecule has 11 heteroatoms. The minimum absolute atomic E-state index is 0.371. The van der Waals surface area contributed by atoms with E-state index in [2.05, 4.69) is 36.1 Å². The molecule has 204 valence electrons. The fourth-order valence-corrected chi connectivity index (χ4v) is 2.95. The van der Waals surface area contributed by atoms with Gasteiger partial charge in [-0.25, -0.2) is 4.79 Å². The van der Waals surface area contributed by atoms with Crippen molar-refractivity contribution in [2.75, 3.05) is 44.7 Å². The van der Waals surface area contributed by atoms with Gasteiger partial charge in [0.25, 0.3) is 0 Å². The summed E-state index contributed by atoms with van der Waals surface area (Å²) >= 11 is 16.7. The highest BCUT2D eigenvalue weighted by molar-refractivity contribution is 6.67. The number of nitrogens with zero attached hydrogens (tertiary/aromatic N) is 1. The summed E-state index contributed by atoms with van der Waals surface area (Å²) in [5.41, 5.74) is 3.08. The average molecular weight is 575 g/mol. The van der Waals surface area contributed by atoms with Crippen molar-refractivity contribution < 1.29 is 23.7 Å². The Morgan fingerprint density at radius 1 is 1.05 bits per heavy atom. The van der Waals surface area contributed by atoms with E-state index in [1.165, 1.54) is 6.42 Å². The zero-order valence-electron chi connectivity index (χ0n) is 21.7. The highest BCUT2D eigenvalue weighted by Gasteiger charge is 2.22. The van der Waals surface area contributed by atoms with E-state index in [0.717, 1.165) is 5.69 Å². The van der Waals surface area contributed by atoms with Crippen molar-refractivity contribution in [2.24, 2.45) is 4.99 Å². The van der Waals surface area contributed by atoms with Crippen molar-refractivity contribution >= 4 is 69.9 Å². The predicted octanol–water partition coefficient (Wildman–Crippen LogP) is 7.86. The quantitative estimate of drug-likeness (QED) is 0.161. The molecule has 0 unspecified atom stereocenters. The molecule has 0 aromatic heterocycles. The molecule has 0 aliphatic carbocycles. The Kier molecular flexibility index (Phi) is 14.9. The minimum Gasteiger partial charge on any atom is -0.496 e. The number of aliphatic imine (C=N–C) groups is 1. The van der Waals surface area contributed by atoms with E-state index in [1.54, 1.807) is 56.8 Å². The number of benzene rings is 2. The Morgan fingerprint density at radius 2 is 1.65 bits per heavy atom. The molecule has 0 fully saturated rings. The van der Waals surface area contributed by atoms with Gasteiger partial charge in [0, 0.05) is 42.5 Å². The van der Waals surface area contributed by atoms with E-state index >= 15 is 0 Å². The van der Waals surface area contributed by atoms with Crippen molar-refractivity contribution in [2.45, 2.75) is 31.0 Å². The summed E-state index contributed by atoms with van der Waals surface area (Å²) in [6, 6.07) is 10.4. The number of nitrogens with one attached hydrogen (secondary N) is 2. The van der Waals surface area contributed by atoms with Crippen LogP contribution < -0.4 is 20.1 Å². The van der Waals surface area contributed by atoms with E-state index in [1.807, 2.05) is 6.92 Å². The van der Waals surface area contributed by atoms with Gasteiger partial charge in [0.2, 0.25) is 3.79 Å². The molecule has 0 aliphatic heterocycles. The van der Waals surface area contributed by atoms with Crippen LogP contribution in [0.5, 0.6) is 11.5 Å². The third-order valence-corrected chi connectivity index (χ3v) is 4.52. The number of hydrogen-bond donors (Lipinski definition) is 2. The molecule has 2 N–H and O–H groups in total. The second kappa shape index (κ2) is 17.0. The smallest absolute Gasteiger partial charge is 0.411 e. The van der Waals surface area contributed by atoms with Gasteiger partial charge < -0.3 is 24.3 Å². The predicted molar refractivity (Wildman–Crippen MR) is 155 cm³/mol. The van der Waals surface area contributed by atoms with Gasteiger partial charge in [-0.05, 0) is 31.2 Å². The van der Waals surface area contributed by atoms with Gasteiger partial charge in [0.05, 0.1) is 25.0 Å². The number of hydrogen-bond acceptors (Lipinski definition) is 7. The standard InChI is InChI=1S/C23H26Cl3N3O5.C3H8/c1-5-27-19-12-18(33-11-10-31-3)13-20(32-4)21(19)15(2)28-16-6-8-17(9-7-16)29-22(30)34-14-23(24,25)26;1-3-2/h5-9,12-13,28H,2,10-11,14H2,1,3-4H3,(H,29,30);3H2,1-2H3. The molecular formula is C26H34Cl3N3O5. The minimum atomic E-state index is -1.68. The number of carbonyl (C=O) groups excluding carboxylic acids is 1. The summed E-state index contributed by atoms with van der Waals surface area (Å²) in [6.45, 7) is 10.7. The number of halogens is 3. The van der Waals surface area contributed by atoms with Crippen molar-refractivity contribution in [1.29, 1.82) is 0 Å². The van der Waals surface area contributed by atoms with Gasteiger partial charge in [-0.3, -0.25) is 10.3 Å². The molecule has 2 rings (SSSR count). The number of alkyl halides is 3. The van der Waals surface area contributed by atoms with Gasteiger partial charge in [-0.1, -0.05) is 61.7 Å². The number of methoxy groups -OCH3 is 2. The van der Waals surface area contributed by atoms with Crippen molar-refractivity contribution in [3.63, 3.8) is 0 Å². The number of carbonyl (C=O) groups is 1. The van der Waals surface area contributed by atoms with Crippen molar-refractivity contribution in [3.05, 3.63) is 48.5 Å². The molecular weight excluding hydrogens is 541 g/mol. The van der Waals surface area contributed by atoms with Gasteiger partial charge in [-0.15, -0.1) is 0 Å². The van der Waals surface area contributed by atoms with Gasteiger partial charge in [0.15, 0.2) is 0 Å². The number of ether oxygens (including phenoxy) is 4. The highest BCUT2D eigenvalue weighted by Crippen LogP contribution is 2.39. The zero-order valence-corrected chi connectivity index (χ0v) is 24.0. The lowest BCUT2D eigenvalue weighted by Gasteiger charge is -2.18. The summed E-state index contributed by atoms with van der Waals surface area (Å²) in [4.78, 5) is 16.2. The molecule has 0 atom stereocenters. The number of anilines is 2. The molecule has 0 aliphatic rings. The van der Waals surface area contributed by atoms with E-state index in [9.17, 15) is 4.79 Å². The Morgan fingerprint density at radius 3 is 2.16 bits per heavy atom. The molecule has 0 heterocycles. The van der Waals surface area contributed by atoms with E-state index in [4.69, 9.17) is 53.8 Å². The average Bonchev–Trinajstić information content (AvgIpc) is 2.84. The fourth-order valence-electron chi connectivity index (χ4n) is 2.78. The highest BCUT2D eigenvalue weighted by atomic mass is 35.6. The van der Waals surface area contributed by atoms with Crippen LogP contribution in [0.25, 0.3) is 5.70 Å². The molecule has 2 aromatic rings. The molecule has 0 saturated carbocycles. The van der Waals surface area contributed by atoms with Crippen LogP contribution in [0.4, 0.5) is 21.9 Å². The molecule has 1 amide bonds. The molecule has 2 aromatic carbocycles. The van der Waals surface area contributed by atoms with Gasteiger partial charge >= 0.3 is 6.09 Å². The van der Waals surface area contributed by atoms with Crippen LogP contribution in [0.2, 0.25) is 0 Å². The summed E-state index contributed by atoms with van der Waals surface area (Å²) in [6.07, 6.45) is 2.18. The maximum Gasteiger partial charge on any atom is 0.411 e. The first-order valence-corrected chi connectivity index (χ1v) is 12.6. The summed E-state index contributed by atoms with van der Waals surface area (Å²) < 4.78 is 19.5. The second-order valence-electron chi connectivity index (χ2n) is 7.45. The van der Waals surface area contributed by atoms with E-state index in [0.29, 0.717) is 47.3 Å². The Labute approximate surface area is 233 Å². The molecule has 0 saturated heterocycles. The van der Waals surface area contributed by atoms with Crippen LogP contribution in [0.3, 0.4) is 0 Å². The van der Waals surface area contributed by atoms with Gasteiger partial charge in [0.1, 0.15) is 24.7 Å². The topological polar surface area (TPSA) is 90.4 Å². The Balaban J connectivity index is 0.00000217. The summed E-state index contributed by atoms with van der Waals surface area (Å²) in [5, 5.41) is 5.77. The van der Waals surface area contributed by atoms with Crippen LogP contribution in [-0.2, 0) is 9.47 Å². The second-order valence-corrected chi connectivity index (χ2v) is 9.97. The van der Waals surface area contributed by atoms with Crippen LogP contribution in [0.15, 0.2) is 48.0 Å². The van der Waals surface area contributed by atoms with Crippen molar-refractivity contribution in [1.82, 2.24) is 0 Å². The largest absolute Gasteiger partial charge is 0.496 e. The van der Waals surface area contributed by atoms with E-state index < -0.39 is 9.89 Å². The number of amides is 1. The SMILES string of the molecule is C=C(Nc1ccc(NC(=O)OCC(Cl)(Cl)Cl)cc1)c1c(N=CC)cc(OCCOC)cc1OC.CCC.